The fourth-order valence-electron chi connectivity index (χ4n) is 5.02. The number of likely N-dealkylation sites (tertiary alicyclic amines) is 1. The molecule has 1 aromatic heterocycles. The van der Waals surface area contributed by atoms with Crippen LogP contribution >= 0.6 is 11.6 Å². The van der Waals surface area contributed by atoms with Crippen molar-refractivity contribution in [3.05, 3.63) is 82.6 Å². The molecule has 3 aromatic carbocycles. The number of nitrogens with zero attached hydrogens (tertiary/aromatic N) is 4. The van der Waals surface area contributed by atoms with E-state index >= 15 is 0 Å². The van der Waals surface area contributed by atoms with Gasteiger partial charge >= 0.3 is 5.97 Å². The highest BCUT2D eigenvalue weighted by Gasteiger charge is 2.23. The molecule has 0 bridgehead atoms. The van der Waals surface area contributed by atoms with Crippen molar-refractivity contribution in [3.8, 4) is 5.75 Å². The number of imidazole rings is 1. The summed E-state index contributed by atoms with van der Waals surface area (Å²) in [7, 11) is 3.96. The van der Waals surface area contributed by atoms with Gasteiger partial charge in [0, 0.05) is 52.2 Å². The van der Waals surface area contributed by atoms with Crippen molar-refractivity contribution < 1.29 is 19.4 Å². The molecule has 0 aliphatic carbocycles. The van der Waals surface area contributed by atoms with Crippen molar-refractivity contribution in [1.29, 1.82) is 0 Å². The summed E-state index contributed by atoms with van der Waals surface area (Å²) in [6, 6.07) is 19.3. The first-order valence-corrected chi connectivity index (χ1v) is 14.4. The van der Waals surface area contributed by atoms with Crippen LogP contribution in [0.3, 0.4) is 0 Å². The van der Waals surface area contributed by atoms with Crippen LogP contribution in [0.25, 0.3) is 11.0 Å². The molecule has 0 amide bonds. The van der Waals surface area contributed by atoms with Crippen molar-refractivity contribution in [2.45, 2.75) is 38.8 Å². The van der Waals surface area contributed by atoms with Crippen LogP contribution in [-0.4, -0.2) is 65.0 Å². The van der Waals surface area contributed by atoms with E-state index < -0.39 is 5.97 Å². The van der Waals surface area contributed by atoms with Gasteiger partial charge in [0.25, 0.3) is 0 Å². The average Bonchev–Trinajstić information content (AvgIpc) is 3.23. The number of fused-ring (bicyclic) bond motifs is 1. The van der Waals surface area contributed by atoms with Gasteiger partial charge in [-0.15, -0.1) is 0 Å². The molecule has 2 aliphatic rings. The quantitative estimate of drug-likeness (QED) is 0.271. The average molecular weight is 577 g/mol. The van der Waals surface area contributed by atoms with Gasteiger partial charge in [-0.25, -0.2) is 9.78 Å². The number of carboxylic acid groups (broad SMARTS) is 1. The summed E-state index contributed by atoms with van der Waals surface area (Å²) in [6.45, 7) is 6.57. The number of carboxylic acids is 1. The molecule has 0 unspecified atom stereocenters. The van der Waals surface area contributed by atoms with E-state index in [0.717, 1.165) is 90.3 Å². The summed E-state index contributed by atoms with van der Waals surface area (Å²) in [4.78, 5) is 20.5. The zero-order valence-electron chi connectivity index (χ0n) is 23.8. The predicted molar refractivity (Wildman–Crippen MR) is 163 cm³/mol. The van der Waals surface area contributed by atoms with Gasteiger partial charge in [0.2, 0.25) is 0 Å². The minimum atomic E-state index is -0.928. The van der Waals surface area contributed by atoms with Crippen molar-refractivity contribution in [2.24, 2.45) is 7.05 Å². The highest BCUT2D eigenvalue weighted by molar-refractivity contribution is 6.33. The van der Waals surface area contributed by atoms with Crippen LogP contribution in [0.1, 0.15) is 41.0 Å². The number of aromatic carboxylic acids is 1. The lowest BCUT2D eigenvalue weighted by atomic mass is 10.1. The Labute approximate surface area is 246 Å². The van der Waals surface area contributed by atoms with Gasteiger partial charge in [0.1, 0.15) is 17.7 Å². The third-order valence-electron chi connectivity index (χ3n) is 7.67. The Kier molecular flexibility index (Phi) is 9.12. The second-order valence-corrected chi connectivity index (χ2v) is 11.1. The Hall–Kier alpha value is -3.59. The van der Waals surface area contributed by atoms with E-state index in [4.69, 9.17) is 26.1 Å². The third-order valence-corrected chi connectivity index (χ3v) is 7.97. The lowest BCUT2D eigenvalue weighted by molar-refractivity contribution is 0.0367. The summed E-state index contributed by atoms with van der Waals surface area (Å²) in [6.07, 6.45) is 3.28. The van der Waals surface area contributed by atoms with Crippen molar-refractivity contribution in [1.82, 2.24) is 14.5 Å². The Morgan fingerprint density at radius 3 is 2.51 bits per heavy atom. The summed E-state index contributed by atoms with van der Waals surface area (Å²) in [5.41, 5.74) is 5.04. The van der Waals surface area contributed by atoms with Gasteiger partial charge in [0.05, 0.1) is 33.9 Å². The highest BCUT2D eigenvalue weighted by atomic mass is 35.5. The number of hydrogen-bond donors (Lipinski definition) is 1. The Morgan fingerprint density at radius 2 is 1.85 bits per heavy atom. The van der Waals surface area contributed by atoms with Crippen molar-refractivity contribution in [3.63, 3.8) is 0 Å². The van der Waals surface area contributed by atoms with Crippen molar-refractivity contribution >= 4 is 40.0 Å². The SMILES string of the molecule is C1COC1.Cc1ccc(N(C)c2cccc(OC3CCN(Cc4nc5ccc(C(=O)O)cc5n4C)CC3)c2)c(Cl)c1. The van der Waals surface area contributed by atoms with Gasteiger partial charge in [-0.05, 0) is 74.2 Å². The number of piperidine rings is 1. The summed E-state index contributed by atoms with van der Waals surface area (Å²) >= 11 is 6.49. The van der Waals surface area contributed by atoms with Gasteiger partial charge in [0.15, 0.2) is 0 Å². The normalized spacial score (nSPS) is 15.6. The lowest BCUT2D eigenvalue weighted by Gasteiger charge is -2.32. The van der Waals surface area contributed by atoms with E-state index in [9.17, 15) is 9.90 Å². The zero-order valence-corrected chi connectivity index (χ0v) is 24.6. The largest absolute Gasteiger partial charge is 0.490 e. The van der Waals surface area contributed by atoms with Crippen LogP contribution in [0.5, 0.6) is 5.75 Å². The Morgan fingerprint density at radius 1 is 1.12 bits per heavy atom. The highest BCUT2D eigenvalue weighted by Crippen LogP contribution is 2.33. The molecule has 0 radical (unpaired) electrons. The molecule has 3 heterocycles. The molecular formula is C32H37ClN4O4. The Bertz CT molecular complexity index is 1510. The third kappa shape index (κ3) is 7.01. The maximum absolute atomic E-state index is 11.3. The molecule has 2 fully saturated rings. The van der Waals surface area contributed by atoms with Gasteiger partial charge in [-0.1, -0.05) is 23.7 Å². The Balaban J connectivity index is 0.000000777. The first-order valence-electron chi connectivity index (χ1n) is 14.0. The van der Waals surface area contributed by atoms with Crippen LogP contribution < -0.4 is 9.64 Å². The molecule has 216 valence electrons. The molecular weight excluding hydrogens is 540 g/mol. The fourth-order valence-corrected chi connectivity index (χ4v) is 5.39. The zero-order chi connectivity index (χ0) is 28.9. The predicted octanol–water partition coefficient (Wildman–Crippen LogP) is 6.45. The number of halogens is 1. The number of benzene rings is 3. The summed E-state index contributed by atoms with van der Waals surface area (Å²) < 4.78 is 13.1. The number of hydrogen-bond acceptors (Lipinski definition) is 6. The summed E-state index contributed by atoms with van der Waals surface area (Å²) in [5, 5.41) is 10.0. The summed E-state index contributed by atoms with van der Waals surface area (Å²) in [5.74, 6) is 0.862. The fraction of sp³-hybridized carbons (Fsp3) is 0.375. The number of anilines is 2. The van der Waals surface area contributed by atoms with E-state index in [2.05, 4.69) is 28.0 Å². The minimum Gasteiger partial charge on any atom is -0.490 e. The molecule has 2 aliphatic heterocycles. The number of carbonyl (C=O) groups is 1. The van der Waals surface area contributed by atoms with Gasteiger partial charge in [-0.3, -0.25) is 4.90 Å². The molecule has 1 N–H and O–H groups in total. The molecule has 0 spiro atoms. The molecule has 6 rings (SSSR count). The molecule has 0 atom stereocenters. The van der Waals surface area contributed by atoms with E-state index in [1.165, 1.54) is 6.42 Å². The maximum atomic E-state index is 11.3. The topological polar surface area (TPSA) is 80.1 Å². The molecule has 41 heavy (non-hydrogen) atoms. The van der Waals surface area contributed by atoms with Crippen LogP contribution in [0.4, 0.5) is 11.4 Å². The minimum absolute atomic E-state index is 0.151. The lowest BCUT2D eigenvalue weighted by Crippen LogP contribution is -2.38. The molecule has 4 aromatic rings. The van der Waals surface area contributed by atoms with Crippen molar-refractivity contribution in [2.75, 3.05) is 38.3 Å². The molecule has 9 heteroatoms. The molecule has 8 nitrogen and oxygen atoms in total. The molecule has 2 saturated heterocycles. The maximum Gasteiger partial charge on any atom is 0.335 e. The van der Waals surface area contributed by atoms with Gasteiger partial charge in [-0.2, -0.15) is 0 Å². The van der Waals surface area contributed by atoms with Gasteiger partial charge < -0.3 is 24.0 Å². The van der Waals surface area contributed by atoms with Crippen LogP contribution in [0.2, 0.25) is 5.02 Å². The smallest absolute Gasteiger partial charge is 0.335 e. The van der Waals surface area contributed by atoms with E-state index in [1.54, 1.807) is 18.2 Å². The van der Waals surface area contributed by atoms with E-state index in [-0.39, 0.29) is 11.7 Å². The molecule has 0 saturated carbocycles. The van der Waals surface area contributed by atoms with Crippen LogP contribution in [-0.2, 0) is 18.3 Å². The first kappa shape index (κ1) is 28.9. The monoisotopic (exact) mass is 576 g/mol. The second kappa shape index (κ2) is 12.9. The number of ether oxygens (including phenoxy) is 2. The first-order chi connectivity index (χ1) is 19.8. The van der Waals surface area contributed by atoms with E-state index in [1.807, 2.05) is 49.9 Å². The number of rotatable bonds is 7. The van der Waals surface area contributed by atoms with E-state index in [0.29, 0.717) is 0 Å². The standard InChI is InChI=1S/C29H31ClN4O3.C3H6O/c1-19-7-10-26(24(30)15-19)32(2)21-5-4-6-23(17-21)37-22-11-13-34(14-12-22)18-28-31-25-9-8-20(29(35)36)16-27(25)33(28)3;1-2-4-3-1/h4-10,15-17,22H,11-14,18H2,1-3H3,(H,35,36);1-3H2. The van der Waals surface area contributed by atoms with Crippen LogP contribution in [0, 0.1) is 6.92 Å². The van der Waals surface area contributed by atoms with Crippen LogP contribution in [0.15, 0.2) is 60.7 Å². The number of aromatic nitrogens is 2. The second-order valence-electron chi connectivity index (χ2n) is 10.7. The number of aryl methyl sites for hydroxylation is 2.